The van der Waals surface area contributed by atoms with Gasteiger partial charge >= 0.3 is 0 Å². The summed E-state index contributed by atoms with van der Waals surface area (Å²) >= 11 is 0. The van der Waals surface area contributed by atoms with Gasteiger partial charge in [0.15, 0.2) is 0 Å². The van der Waals surface area contributed by atoms with Gasteiger partial charge < -0.3 is 4.90 Å². The van der Waals surface area contributed by atoms with Gasteiger partial charge in [-0.05, 0) is 67.4 Å². The molecule has 6 nitrogen and oxygen atoms in total. The summed E-state index contributed by atoms with van der Waals surface area (Å²) in [6.07, 6.45) is 1.68. The van der Waals surface area contributed by atoms with Crippen molar-refractivity contribution in [2.75, 3.05) is 11.8 Å². The lowest BCUT2D eigenvalue weighted by atomic mass is 10.1. The van der Waals surface area contributed by atoms with Crippen LogP contribution >= 0.6 is 0 Å². The third kappa shape index (κ3) is 4.81. The topological polar surface area (TPSA) is 79.4 Å². The minimum atomic E-state index is -3.75. The number of pyridine rings is 1. The Morgan fingerprint density at radius 1 is 1.00 bits per heavy atom. The molecule has 3 aromatic rings. The molecule has 0 atom stereocenters. The predicted molar refractivity (Wildman–Crippen MR) is 113 cm³/mol. The standard InChI is InChI=1S/C22H23N3O3S/c1-16-7-6-9-21(17(16)2)24-29(27,28)20-12-10-18(11-13-20)22(26)25(3)15-19-8-4-5-14-23-19/h4-14,24H,15H2,1-3H3. The zero-order valence-electron chi connectivity index (χ0n) is 16.6. The number of hydrogen-bond acceptors (Lipinski definition) is 4. The maximum absolute atomic E-state index is 12.7. The summed E-state index contributed by atoms with van der Waals surface area (Å²) in [5.41, 5.74) is 3.61. The number of carbonyl (C=O) groups is 1. The molecule has 150 valence electrons. The minimum absolute atomic E-state index is 0.0994. The smallest absolute Gasteiger partial charge is 0.261 e. The first kappa shape index (κ1) is 20.5. The van der Waals surface area contributed by atoms with Crippen LogP contribution in [0.3, 0.4) is 0 Å². The van der Waals surface area contributed by atoms with Crippen molar-refractivity contribution in [3.63, 3.8) is 0 Å². The molecule has 0 radical (unpaired) electrons. The molecule has 3 rings (SSSR count). The summed E-state index contributed by atoms with van der Waals surface area (Å²) < 4.78 is 28.0. The van der Waals surface area contributed by atoms with E-state index in [2.05, 4.69) is 9.71 Å². The van der Waals surface area contributed by atoms with Gasteiger partial charge in [0.05, 0.1) is 22.8 Å². The Morgan fingerprint density at radius 3 is 2.38 bits per heavy atom. The van der Waals surface area contributed by atoms with Gasteiger partial charge in [0, 0.05) is 18.8 Å². The van der Waals surface area contributed by atoms with Crippen molar-refractivity contribution in [1.82, 2.24) is 9.88 Å². The number of nitrogens with one attached hydrogen (secondary N) is 1. The zero-order chi connectivity index (χ0) is 21.0. The first-order chi connectivity index (χ1) is 13.8. The van der Waals surface area contributed by atoms with Crippen molar-refractivity contribution in [2.45, 2.75) is 25.3 Å². The number of carbonyl (C=O) groups excluding carboxylic acids is 1. The van der Waals surface area contributed by atoms with E-state index in [0.29, 0.717) is 17.8 Å². The Labute approximate surface area is 171 Å². The molecule has 1 amide bonds. The highest BCUT2D eigenvalue weighted by atomic mass is 32.2. The molecule has 1 aromatic heterocycles. The highest BCUT2D eigenvalue weighted by Crippen LogP contribution is 2.22. The molecule has 2 aromatic carbocycles. The summed E-state index contributed by atoms with van der Waals surface area (Å²) in [4.78, 5) is 18.5. The predicted octanol–water partition coefficient (Wildman–Crippen LogP) is 3.77. The molecule has 0 unspecified atom stereocenters. The summed E-state index contributed by atoms with van der Waals surface area (Å²) in [7, 11) is -2.06. The number of aryl methyl sites for hydroxylation is 1. The van der Waals surface area contributed by atoms with Gasteiger partial charge in [-0.15, -0.1) is 0 Å². The molecule has 0 aliphatic rings. The quantitative estimate of drug-likeness (QED) is 0.672. The number of benzene rings is 2. The molecule has 1 N–H and O–H groups in total. The highest BCUT2D eigenvalue weighted by Gasteiger charge is 2.18. The first-order valence-electron chi connectivity index (χ1n) is 9.12. The lowest BCUT2D eigenvalue weighted by molar-refractivity contribution is 0.0783. The van der Waals surface area contributed by atoms with Crippen molar-refractivity contribution in [3.05, 3.63) is 89.2 Å². The average molecular weight is 410 g/mol. The van der Waals surface area contributed by atoms with E-state index < -0.39 is 10.0 Å². The second kappa shape index (κ2) is 8.45. The number of aromatic nitrogens is 1. The third-order valence-corrected chi connectivity index (χ3v) is 6.11. The first-order valence-corrected chi connectivity index (χ1v) is 10.6. The number of sulfonamides is 1. The van der Waals surface area contributed by atoms with Crippen molar-refractivity contribution >= 4 is 21.6 Å². The molecule has 0 aliphatic heterocycles. The van der Waals surface area contributed by atoms with Crippen LogP contribution in [0, 0.1) is 13.8 Å². The number of hydrogen-bond donors (Lipinski definition) is 1. The summed E-state index contributed by atoms with van der Waals surface area (Å²) in [5.74, 6) is -0.206. The molecule has 0 fully saturated rings. The van der Waals surface area contributed by atoms with Gasteiger partial charge in [-0.1, -0.05) is 18.2 Å². The zero-order valence-corrected chi connectivity index (χ0v) is 17.4. The van der Waals surface area contributed by atoms with E-state index >= 15 is 0 Å². The molecule has 0 aliphatic carbocycles. The molecule has 0 saturated carbocycles. The van der Waals surface area contributed by atoms with Crippen LogP contribution in [0.4, 0.5) is 5.69 Å². The Balaban J connectivity index is 1.75. The molecule has 0 bridgehead atoms. The average Bonchev–Trinajstić information content (AvgIpc) is 2.71. The number of rotatable bonds is 6. The van der Waals surface area contributed by atoms with Crippen LogP contribution < -0.4 is 4.72 Å². The van der Waals surface area contributed by atoms with E-state index in [1.165, 1.54) is 24.3 Å². The summed E-state index contributed by atoms with van der Waals surface area (Å²) in [6.45, 7) is 4.16. The molecular weight excluding hydrogens is 386 g/mol. The van der Waals surface area contributed by atoms with Gasteiger partial charge in [-0.25, -0.2) is 8.42 Å². The van der Waals surface area contributed by atoms with Crippen LogP contribution in [0.1, 0.15) is 27.2 Å². The van der Waals surface area contributed by atoms with Crippen LogP contribution in [-0.4, -0.2) is 31.3 Å². The number of anilines is 1. The largest absolute Gasteiger partial charge is 0.336 e. The van der Waals surface area contributed by atoms with Gasteiger partial charge in [-0.3, -0.25) is 14.5 Å². The second-order valence-electron chi connectivity index (χ2n) is 6.86. The van der Waals surface area contributed by atoms with Gasteiger partial charge in [0.25, 0.3) is 15.9 Å². The molecular formula is C22H23N3O3S. The lowest BCUT2D eigenvalue weighted by Gasteiger charge is -2.17. The molecule has 7 heteroatoms. The van der Waals surface area contributed by atoms with Crippen LogP contribution in [0.25, 0.3) is 0 Å². The van der Waals surface area contributed by atoms with Gasteiger partial charge in [-0.2, -0.15) is 0 Å². The van der Waals surface area contributed by atoms with Crippen LogP contribution in [-0.2, 0) is 16.6 Å². The van der Waals surface area contributed by atoms with Crippen molar-refractivity contribution < 1.29 is 13.2 Å². The SMILES string of the molecule is Cc1cccc(NS(=O)(=O)c2ccc(C(=O)N(C)Cc3ccccn3)cc2)c1C. The monoisotopic (exact) mass is 409 g/mol. The molecule has 29 heavy (non-hydrogen) atoms. The Hall–Kier alpha value is -3.19. The highest BCUT2D eigenvalue weighted by molar-refractivity contribution is 7.92. The fourth-order valence-corrected chi connectivity index (χ4v) is 3.99. The van der Waals surface area contributed by atoms with Crippen molar-refractivity contribution in [3.8, 4) is 0 Å². The van der Waals surface area contributed by atoms with Crippen molar-refractivity contribution in [2.24, 2.45) is 0 Å². The maximum atomic E-state index is 12.7. The normalized spacial score (nSPS) is 11.1. The molecule has 0 spiro atoms. The lowest BCUT2D eigenvalue weighted by Crippen LogP contribution is -2.26. The van der Waals surface area contributed by atoms with Gasteiger partial charge in [0.2, 0.25) is 0 Å². The van der Waals surface area contributed by atoms with E-state index in [9.17, 15) is 13.2 Å². The van der Waals surface area contributed by atoms with Crippen LogP contribution in [0.5, 0.6) is 0 Å². The fourth-order valence-electron chi connectivity index (χ4n) is 2.87. The van der Waals surface area contributed by atoms with E-state index in [4.69, 9.17) is 0 Å². The Bertz CT molecular complexity index is 1110. The third-order valence-electron chi connectivity index (χ3n) is 4.73. The van der Waals surface area contributed by atoms with Crippen LogP contribution in [0.15, 0.2) is 71.8 Å². The molecule has 0 saturated heterocycles. The van der Waals surface area contributed by atoms with E-state index in [1.54, 1.807) is 30.3 Å². The summed E-state index contributed by atoms with van der Waals surface area (Å²) in [5, 5.41) is 0. The van der Waals surface area contributed by atoms with Gasteiger partial charge in [0.1, 0.15) is 0 Å². The van der Waals surface area contributed by atoms with Crippen LogP contribution in [0.2, 0.25) is 0 Å². The van der Waals surface area contributed by atoms with E-state index in [1.807, 2.05) is 38.1 Å². The number of amides is 1. The van der Waals surface area contributed by atoms with Crippen molar-refractivity contribution in [1.29, 1.82) is 0 Å². The minimum Gasteiger partial charge on any atom is -0.336 e. The fraction of sp³-hybridized carbons (Fsp3) is 0.182. The molecule has 1 heterocycles. The summed E-state index contributed by atoms with van der Waals surface area (Å²) in [6, 6.07) is 16.9. The van der Waals surface area contributed by atoms with E-state index in [-0.39, 0.29) is 10.8 Å². The van der Waals surface area contributed by atoms with E-state index in [0.717, 1.165) is 16.8 Å². The maximum Gasteiger partial charge on any atom is 0.261 e. The Morgan fingerprint density at radius 2 is 1.72 bits per heavy atom. The second-order valence-corrected chi connectivity index (χ2v) is 8.54. The number of nitrogens with zero attached hydrogens (tertiary/aromatic N) is 2. The Kier molecular flexibility index (Phi) is 5.98.